The fraction of sp³-hybridized carbons (Fsp3) is 0.286. The first-order chi connectivity index (χ1) is 10.2. The predicted molar refractivity (Wildman–Crippen MR) is 73.9 cm³/mol. The van der Waals surface area contributed by atoms with Crippen molar-refractivity contribution >= 4 is 0 Å². The van der Waals surface area contributed by atoms with Gasteiger partial charge in [0.2, 0.25) is 0 Å². The standard InChI is InChI=1S/C14H15FN6/c1-11-4-13(15)2-3-14(11)12(5-20-9-16-7-18-20)6-21-10-17-8-19-21/h2-4,7-10,12H,5-6H2,1H3. The Balaban J connectivity index is 1.90. The minimum Gasteiger partial charge on any atom is -0.252 e. The molecule has 3 aromatic rings. The van der Waals surface area contributed by atoms with Crippen molar-refractivity contribution in [2.24, 2.45) is 0 Å². The molecule has 0 unspecified atom stereocenters. The quantitative estimate of drug-likeness (QED) is 0.717. The van der Waals surface area contributed by atoms with E-state index in [0.29, 0.717) is 13.1 Å². The molecule has 2 heterocycles. The van der Waals surface area contributed by atoms with Crippen LogP contribution in [0.25, 0.3) is 0 Å². The lowest BCUT2D eigenvalue weighted by molar-refractivity contribution is 0.435. The maximum absolute atomic E-state index is 13.3. The predicted octanol–water partition coefficient (Wildman–Crippen LogP) is 1.80. The molecule has 2 aromatic heterocycles. The third-order valence-electron chi connectivity index (χ3n) is 3.42. The third kappa shape index (κ3) is 3.13. The number of aromatic nitrogens is 6. The number of aryl methyl sites for hydroxylation is 1. The minimum absolute atomic E-state index is 0.106. The van der Waals surface area contributed by atoms with Gasteiger partial charge in [-0.1, -0.05) is 6.07 Å². The number of rotatable bonds is 5. The summed E-state index contributed by atoms with van der Waals surface area (Å²) in [5.41, 5.74) is 1.99. The largest absolute Gasteiger partial charge is 0.252 e. The first-order valence-electron chi connectivity index (χ1n) is 6.63. The molecule has 0 amide bonds. The average Bonchev–Trinajstić information content (AvgIpc) is 3.11. The fourth-order valence-electron chi connectivity index (χ4n) is 2.46. The van der Waals surface area contributed by atoms with Crippen molar-refractivity contribution < 1.29 is 4.39 Å². The molecular weight excluding hydrogens is 271 g/mol. The molecule has 0 saturated carbocycles. The van der Waals surface area contributed by atoms with E-state index in [4.69, 9.17) is 0 Å². The Labute approximate surface area is 121 Å². The third-order valence-corrected chi connectivity index (χ3v) is 3.42. The topological polar surface area (TPSA) is 61.4 Å². The number of hydrogen-bond acceptors (Lipinski definition) is 4. The van der Waals surface area contributed by atoms with Gasteiger partial charge >= 0.3 is 0 Å². The summed E-state index contributed by atoms with van der Waals surface area (Å²) < 4.78 is 16.8. The van der Waals surface area contributed by atoms with E-state index in [1.807, 2.05) is 13.0 Å². The molecule has 7 heteroatoms. The van der Waals surface area contributed by atoms with Crippen LogP contribution in [0.3, 0.4) is 0 Å². The van der Waals surface area contributed by atoms with Gasteiger partial charge in [-0.05, 0) is 30.2 Å². The SMILES string of the molecule is Cc1cc(F)ccc1C(Cn1cncn1)Cn1cncn1. The summed E-state index contributed by atoms with van der Waals surface area (Å²) in [6.07, 6.45) is 6.36. The summed E-state index contributed by atoms with van der Waals surface area (Å²) in [4.78, 5) is 7.92. The summed E-state index contributed by atoms with van der Waals surface area (Å²) in [6, 6.07) is 4.85. The first-order valence-corrected chi connectivity index (χ1v) is 6.63. The number of nitrogens with zero attached hydrogens (tertiary/aromatic N) is 6. The second-order valence-electron chi connectivity index (χ2n) is 4.93. The van der Waals surface area contributed by atoms with Crippen LogP contribution in [0.2, 0.25) is 0 Å². The minimum atomic E-state index is -0.225. The molecule has 21 heavy (non-hydrogen) atoms. The van der Waals surface area contributed by atoms with Crippen LogP contribution >= 0.6 is 0 Å². The van der Waals surface area contributed by atoms with Gasteiger partial charge in [0.15, 0.2) is 0 Å². The number of benzene rings is 1. The second kappa shape index (κ2) is 5.82. The summed E-state index contributed by atoms with van der Waals surface area (Å²) in [5.74, 6) is -0.120. The van der Waals surface area contributed by atoms with E-state index in [1.165, 1.54) is 18.7 Å². The van der Waals surface area contributed by atoms with Crippen molar-refractivity contribution in [3.05, 3.63) is 60.5 Å². The highest BCUT2D eigenvalue weighted by Gasteiger charge is 2.17. The van der Waals surface area contributed by atoms with Gasteiger partial charge in [-0.15, -0.1) is 0 Å². The van der Waals surface area contributed by atoms with Gasteiger partial charge < -0.3 is 0 Å². The lowest BCUT2D eigenvalue weighted by Crippen LogP contribution is -2.17. The van der Waals surface area contributed by atoms with E-state index in [2.05, 4.69) is 20.2 Å². The second-order valence-corrected chi connectivity index (χ2v) is 4.93. The van der Waals surface area contributed by atoms with Crippen LogP contribution in [0, 0.1) is 12.7 Å². The number of hydrogen-bond donors (Lipinski definition) is 0. The van der Waals surface area contributed by atoms with E-state index in [-0.39, 0.29) is 11.7 Å². The van der Waals surface area contributed by atoms with Crippen LogP contribution in [0.15, 0.2) is 43.5 Å². The Morgan fingerprint density at radius 1 is 1.05 bits per heavy atom. The van der Waals surface area contributed by atoms with Crippen molar-refractivity contribution in [3.8, 4) is 0 Å². The van der Waals surface area contributed by atoms with Crippen LogP contribution in [-0.4, -0.2) is 29.5 Å². The molecule has 1 aromatic carbocycles. The Morgan fingerprint density at radius 3 is 2.14 bits per heavy atom. The molecule has 0 atom stereocenters. The maximum Gasteiger partial charge on any atom is 0.137 e. The number of halogens is 1. The zero-order valence-corrected chi connectivity index (χ0v) is 11.6. The molecular formula is C14H15FN6. The fourth-order valence-corrected chi connectivity index (χ4v) is 2.46. The van der Waals surface area contributed by atoms with E-state index in [1.54, 1.807) is 28.1 Å². The molecule has 0 saturated heterocycles. The molecule has 108 valence electrons. The van der Waals surface area contributed by atoms with Gasteiger partial charge in [0, 0.05) is 5.92 Å². The van der Waals surface area contributed by atoms with Gasteiger partial charge in [-0.25, -0.2) is 14.4 Å². The molecule has 0 fully saturated rings. The van der Waals surface area contributed by atoms with E-state index in [0.717, 1.165) is 11.1 Å². The molecule has 0 aliphatic rings. The Bertz CT molecular complexity index is 656. The van der Waals surface area contributed by atoms with Crippen LogP contribution in [0.1, 0.15) is 17.0 Å². The van der Waals surface area contributed by atoms with Gasteiger partial charge in [0.1, 0.15) is 31.1 Å². The van der Waals surface area contributed by atoms with Crippen LogP contribution in [-0.2, 0) is 13.1 Å². The van der Waals surface area contributed by atoms with E-state index >= 15 is 0 Å². The highest BCUT2D eigenvalue weighted by molar-refractivity contribution is 5.29. The molecule has 3 rings (SSSR count). The summed E-state index contributed by atoms with van der Waals surface area (Å²) in [6.45, 7) is 3.20. The van der Waals surface area contributed by atoms with E-state index < -0.39 is 0 Å². The summed E-state index contributed by atoms with van der Waals surface area (Å²) in [5, 5.41) is 8.29. The molecule has 0 N–H and O–H groups in total. The Kier molecular flexibility index (Phi) is 3.72. The van der Waals surface area contributed by atoms with Crippen molar-refractivity contribution in [3.63, 3.8) is 0 Å². The van der Waals surface area contributed by atoms with Crippen molar-refractivity contribution in [2.75, 3.05) is 0 Å². The van der Waals surface area contributed by atoms with Gasteiger partial charge in [0.05, 0.1) is 13.1 Å². The highest BCUT2D eigenvalue weighted by Crippen LogP contribution is 2.24. The summed E-state index contributed by atoms with van der Waals surface area (Å²) in [7, 11) is 0. The maximum atomic E-state index is 13.3. The molecule has 0 spiro atoms. The van der Waals surface area contributed by atoms with Crippen molar-refractivity contribution in [2.45, 2.75) is 25.9 Å². The van der Waals surface area contributed by atoms with Crippen LogP contribution < -0.4 is 0 Å². The lowest BCUT2D eigenvalue weighted by Gasteiger charge is -2.19. The normalized spacial score (nSPS) is 11.2. The van der Waals surface area contributed by atoms with Crippen molar-refractivity contribution in [1.29, 1.82) is 0 Å². The zero-order valence-electron chi connectivity index (χ0n) is 11.6. The Morgan fingerprint density at radius 2 is 1.67 bits per heavy atom. The molecule has 0 bridgehead atoms. The zero-order chi connectivity index (χ0) is 14.7. The average molecular weight is 286 g/mol. The highest BCUT2D eigenvalue weighted by atomic mass is 19.1. The lowest BCUT2D eigenvalue weighted by atomic mass is 9.94. The van der Waals surface area contributed by atoms with Gasteiger partial charge in [0.25, 0.3) is 0 Å². The Hall–Kier alpha value is -2.57. The van der Waals surface area contributed by atoms with Crippen molar-refractivity contribution in [1.82, 2.24) is 29.5 Å². The molecule has 0 aliphatic heterocycles. The molecule has 0 radical (unpaired) electrons. The van der Waals surface area contributed by atoms with E-state index in [9.17, 15) is 4.39 Å². The monoisotopic (exact) mass is 286 g/mol. The van der Waals surface area contributed by atoms with Gasteiger partial charge in [-0.2, -0.15) is 10.2 Å². The van der Waals surface area contributed by atoms with Crippen LogP contribution in [0.4, 0.5) is 4.39 Å². The smallest absolute Gasteiger partial charge is 0.137 e. The molecule has 0 aliphatic carbocycles. The summed E-state index contributed by atoms with van der Waals surface area (Å²) >= 11 is 0. The molecule has 6 nitrogen and oxygen atoms in total. The first kappa shape index (κ1) is 13.4. The van der Waals surface area contributed by atoms with Crippen LogP contribution in [0.5, 0.6) is 0 Å². The van der Waals surface area contributed by atoms with Gasteiger partial charge in [-0.3, -0.25) is 9.36 Å².